The summed E-state index contributed by atoms with van der Waals surface area (Å²) in [4.78, 5) is 4.23. The van der Waals surface area contributed by atoms with Gasteiger partial charge in [0.1, 0.15) is 17.9 Å². The highest BCUT2D eigenvalue weighted by Gasteiger charge is 2.20. The summed E-state index contributed by atoms with van der Waals surface area (Å²) in [6.45, 7) is 1.35. The number of benzene rings is 1. The third-order valence-electron chi connectivity index (χ3n) is 4.15. The molecular weight excluding hydrogens is 308 g/mol. The van der Waals surface area contributed by atoms with E-state index in [9.17, 15) is 0 Å². The molecule has 124 valence electrons. The number of nitrogens with one attached hydrogen (secondary N) is 1. The van der Waals surface area contributed by atoms with Crippen molar-refractivity contribution in [2.75, 3.05) is 7.11 Å². The Morgan fingerprint density at radius 3 is 3.00 bits per heavy atom. The summed E-state index contributed by atoms with van der Waals surface area (Å²) >= 11 is 0. The second-order valence-corrected chi connectivity index (χ2v) is 5.70. The van der Waals surface area contributed by atoms with Crippen molar-refractivity contribution >= 4 is 0 Å². The number of nitrogens with zero attached hydrogens (tertiary/aromatic N) is 5. The molecule has 0 saturated heterocycles. The third kappa shape index (κ3) is 3.00. The van der Waals surface area contributed by atoms with Gasteiger partial charge in [0.25, 0.3) is 0 Å². The minimum Gasteiger partial charge on any atom is -0.497 e. The lowest BCUT2D eigenvalue weighted by molar-refractivity contribution is 0.342. The second-order valence-electron chi connectivity index (χ2n) is 5.70. The van der Waals surface area contributed by atoms with Gasteiger partial charge in [-0.1, -0.05) is 0 Å². The van der Waals surface area contributed by atoms with Gasteiger partial charge in [-0.2, -0.15) is 5.10 Å². The highest BCUT2D eigenvalue weighted by molar-refractivity contribution is 5.53. The van der Waals surface area contributed by atoms with Crippen molar-refractivity contribution in [2.45, 2.75) is 32.0 Å². The maximum atomic E-state index is 5.73. The van der Waals surface area contributed by atoms with Gasteiger partial charge in [0.15, 0.2) is 0 Å². The van der Waals surface area contributed by atoms with E-state index in [4.69, 9.17) is 9.15 Å². The second kappa shape index (κ2) is 6.40. The maximum absolute atomic E-state index is 5.73. The standard InChI is InChI=1S/C16H18N6O2/c1-23-13-5-2-11(3-6-13)16-21-20-15(24-16)8-17-12-4-7-14-18-10-19-22(14)9-12/h2-3,5-6,10,12,17H,4,7-9H2,1H3. The third-order valence-corrected chi connectivity index (χ3v) is 4.15. The van der Waals surface area contributed by atoms with Crippen LogP contribution in [0.25, 0.3) is 11.5 Å². The smallest absolute Gasteiger partial charge is 0.247 e. The average Bonchev–Trinajstić information content (AvgIpc) is 3.29. The summed E-state index contributed by atoms with van der Waals surface area (Å²) in [5.74, 6) is 2.93. The van der Waals surface area contributed by atoms with E-state index in [0.29, 0.717) is 24.4 Å². The lowest BCUT2D eigenvalue weighted by atomic mass is 10.1. The number of aryl methyl sites for hydroxylation is 1. The van der Waals surface area contributed by atoms with Crippen molar-refractivity contribution in [1.29, 1.82) is 0 Å². The van der Waals surface area contributed by atoms with E-state index in [0.717, 1.165) is 36.5 Å². The fraction of sp³-hybridized carbons (Fsp3) is 0.375. The minimum absolute atomic E-state index is 0.329. The summed E-state index contributed by atoms with van der Waals surface area (Å²) in [6, 6.07) is 7.87. The number of fused-ring (bicyclic) bond motifs is 1. The summed E-state index contributed by atoms with van der Waals surface area (Å²) < 4.78 is 12.8. The lowest BCUT2D eigenvalue weighted by Gasteiger charge is -2.22. The van der Waals surface area contributed by atoms with E-state index in [1.54, 1.807) is 13.4 Å². The molecule has 0 bridgehead atoms. The fourth-order valence-electron chi connectivity index (χ4n) is 2.81. The monoisotopic (exact) mass is 326 g/mol. The van der Waals surface area contributed by atoms with Gasteiger partial charge in [0.05, 0.1) is 20.2 Å². The summed E-state index contributed by atoms with van der Waals surface area (Å²) in [5, 5.41) is 15.9. The molecule has 1 aromatic carbocycles. The summed E-state index contributed by atoms with van der Waals surface area (Å²) in [5.41, 5.74) is 0.875. The van der Waals surface area contributed by atoms with Crippen molar-refractivity contribution in [3.63, 3.8) is 0 Å². The van der Waals surface area contributed by atoms with E-state index in [-0.39, 0.29) is 0 Å². The molecule has 0 aliphatic carbocycles. The molecule has 0 saturated carbocycles. The molecule has 2 aromatic heterocycles. The van der Waals surface area contributed by atoms with Crippen molar-refractivity contribution in [2.24, 2.45) is 0 Å². The van der Waals surface area contributed by atoms with E-state index in [2.05, 4.69) is 25.6 Å². The van der Waals surface area contributed by atoms with Crippen LogP contribution >= 0.6 is 0 Å². The molecule has 8 heteroatoms. The highest BCUT2D eigenvalue weighted by atomic mass is 16.5. The SMILES string of the molecule is COc1ccc(-c2nnc(CNC3CCc4ncnn4C3)o2)cc1. The first kappa shape index (κ1) is 14.8. The predicted molar refractivity (Wildman–Crippen MR) is 85.3 cm³/mol. The van der Waals surface area contributed by atoms with Gasteiger partial charge in [0.2, 0.25) is 11.8 Å². The predicted octanol–water partition coefficient (Wildman–Crippen LogP) is 1.44. The van der Waals surface area contributed by atoms with E-state index >= 15 is 0 Å². The van der Waals surface area contributed by atoms with Gasteiger partial charge in [-0.05, 0) is 30.7 Å². The van der Waals surface area contributed by atoms with Gasteiger partial charge in [-0.3, -0.25) is 0 Å². The van der Waals surface area contributed by atoms with Crippen LogP contribution in [0.5, 0.6) is 5.75 Å². The number of aromatic nitrogens is 5. The van der Waals surface area contributed by atoms with Crippen molar-refractivity contribution in [3.05, 3.63) is 42.3 Å². The molecule has 1 atom stereocenters. The first-order valence-electron chi connectivity index (χ1n) is 7.88. The Morgan fingerprint density at radius 1 is 1.29 bits per heavy atom. The molecule has 4 rings (SSSR count). The van der Waals surface area contributed by atoms with Gasteiger partial charge in [0, 0.05) is 18.0 Å². The van der Waals surface area contributed by atoms with Crippen LogP contribution in [-0.4, -0.2) is 38.1 Å². The molecule has 1 N–H and O–H groups in total. The molecule has 0 fully saturated rings. The molecule has 0 radical (unpaired) electrons. The van der Waals surface area contributed by atoms with Gasteiger partial charge in [-0.15, -0.1) is 10.2 Å². The molecule has 24 heavy (non-hydrogen) atoms. The Balaban J connectivity index is 1.37. The number of methoxy groups -OCH3 is 1. The number of hydrogen-bond donors (Lipinski definition) is 1. The summed E-state index contributed by atoms with van der Waals surface area (Å²) in [7, 11) is 1.64. The molecule has 1 unspecified atom stereocenters. The molecule has 0 amide bonds. The van der Waals surface area contributed by atoms with E-state index in [1.165, 1.54) is 0 Å². The largest absolute Gasteiger partial charge is 0.497 e. The Kier molecular flexibility index (Phi) is 3.96. The Morgan fingerprint density at radius 2 is 2.17 bits per heavy atom. The zero-order valence-corrected chi connectivity index (χ0v) is 13.3. The maximum Gasteiger partial charge on any atom is 0.247 e. The van der Waals surface area contributed by atoms with E-state index < -0.39 is 0 Å². The van der Waals surface area contributed by atoms with Crippen LogP contribution in [0, 0.1) is 0 Å². The first-order chi connectivity index (χ1) is 11.8. The molecule has 8 nitrogen and oxygen atoms in total. The lowest BCUT2D eigenvalue weighted by Crippen LogP contribution is -2.37. The number of hydrogen-bond acceptors (Lipinski definition) is 7. The topological polar surface area (TPSA) is 90.9 Å². The zero-order chi connectivity index (χ0) is 16.4. The fourth-order valence-corrected chi connectivity index (χ4v) is 2.81. The molecule has 0 spiro atoms. The van der Waals surface area contributed by atoms with Crippen LogP contribution in [0.1, 0.15) is 18.1 Å². The van der Waals surface area contributed by atoms with Gasteiger partial charge in [-0.25, -0.2) is 9.67 Å². The Labute approximate surface area is 138 Å². The molecular formula is C16H18N6O2. The van der Waals surface area contributed by atoms with Gasteiger partial charge >= 0.3 is 0 Å². The van der Waals surface area contributed by atoms with Gasteiger partial charge < -0.3 is 14.5 Å². The van der Waals surface area contributed by atoms with Crippen molar-refractivity contribution in [3.8, 4) is 17.2 Å². The van der Waals surface area contributed by atoms with Crippen LogP contribution < -0.4 is 10.1 Å². The molecule has 1 aliphatic heterocycles. The van der Waals surface area contributed by atoms with Crippen molar-refractivity contribution < 1.29 is 9.15 Å². The van der Waals surface area contributed by atoms with Crippen LogP contribution in [0.2, 0.25) is 0 Å². The van der Waals surface area contributed by atoms with Crippen LogP contribution in [0.3, 0.4) is 0 Å². The number of rotatable bonds is 5. The summed E-state index contributed by atoms with van der Waals surface area (Å²) in [6.07, 6.45) is 3.56. The van der Waals surface area contributed by atoms with E-state index in [1.807, 2.05) is 28.9 Å². The minimum atomic E-state index is 0.329. The highest BCUT2D eigenvalue weighted by Crippen LogP contribution is 2.21. The Bertz CT molecular complexity index is 810. The Hall–Kier alpha value is -2.74. The molecule has 1 aliphatic rings. The van der Waals surface area contributed by atoms with Crippen molar-refractivity contribution in [1.82, 2.24) is 30.3 Å². The average molecular weight is 326 g/mol. The zero-order valence-electron chi connectivity index (χ0n) is 13.3. The molecule has 3 aromatic rings. The normalized spacial score (nSPS) is 16.8. The van der Waals surface area contributed by atoms with Crippen LogP contribution in [-0.2, 0) is 19.5 Å². The quantitative estimate of drug-likeness (QED) is 0.758. The molecule has 3 heterocycles. The first-order valence-corrected chi connectivity index (χ1v) is 7.88. The van der Waals surface area contributed by atoms with Crippen LogP contribution in [0.4, 0.5) is 0 Å². The van der Waals surface area contributed by atoms with Crippen LogP contribution in [0.15, 0.2) is 35.0 Å². The number of ether oxygens (including phenoxy) is 1.